The molecule has 16 heteroatoms. The van der Waals surface area contributed by atoms with E-state index in [1.54, 1.807) is 30.3 Å². The van der Waals surface area contributed by atoms with Crippen molar-refractivity contribution in [3.63, 3.8) is 0 Å². The maximum absolute atomic E-state index is 14.5. The number of carbonyl (C=O) groups is 4. The van der Waals surface area contributed by atoms with E-state index in [4.69, 9.17) is 4.74 Å². The number of benzene rings is 5. The fraction of sp³-hybridized carbons (Fsp3) is 0.245. The zero-order chi connectivity index (χ0) is 46.8. The van der Waals surface area contributed by atoms with Gasteiger partial charge in [0, 0.05) is 81.3 Å². The molecular weight excluding hydrogens is 893 g/mol. The normalized spacial score (nSPS) is 25.4. The number of H-pyrrole nitrogens is 2. The summed E-state index contributed by atoms with van der Waals surface area (Å²) in [4.78, 5) is 61.5. The lowest BCUT2D eigenvalue weighted by atomic mass is 9.68. The molecule has 7 aliphatic rings. The zero-order valence-electron chi connectivity index (χ0n) is 36.1. The Bertz CT molecular complexity index is 3700. The highest BCUT2D eigenvalue weighted by Gasteiger charge is 2.59. The van der Waals surface area contributed by atoms with Gasteiger partial charge in [-0.3, -0.25) is 29.0 Å². The van der Waals surface area contributed by atoms with Crippen LogP contribution >= 0.6 is 0 Å². The second-order valence-corrected chi connectivity index (χ2v) is 18.6. The number of likely N-dealkylation sites (tertiary alicyclic amines) is 1. The third-order valence-electron chi connectivity index (χ3n) is 14.9. The molecule has 7 heterocycles. The van der Waals surface area contributed by atoms with Crippen molar-refractivity contribution in [2.45, 2.75) is 62.5 Å². The minimum absolute atomic E-state index is 0. The van der Waals surface area contributed by atoms with E-state index in [2.05, 4.69) is 27.4 Å². The van der Waals surface area contributed by atoms with Gasteiger partial charge in [-0.05, 0) is 90.3 Å². The number of hydrogen-bond acceptors (Lipinski definition) is 7. The zero-order valence-corrected chi connectivity index (χ0v) is 36.1. The monoisotopic (exact) mass is 934 g/mol. The van der Waals surface area contributed by atoms with Gasteiger partial charge in [0.15, 0.2) is 0 Å². The Labute approximate surface area is 389 Å². The molecule has 3 aromatic heterocycles. The number of nitrogens with zero attached hydrogens (tertiary/aromatic N) is 3. The van der Waals surface area contributed by atoms with Crippen molar-refractivity contribution < 1.29 is 46.6 Å². The summed E-state index contributed by atoms with van der Waals surface area (Å²) in [5.41, 5.74) is 6.46. The average molecular weight is 935 g/mol. The van der Waals surface area contributed by atoms with Gasteiger partial charge < -0.3 is 29.7 Å². The standard InChI is InChI=1S/C26H17F2N3O3.C21H15F2N3O2.C5H6O.CH4/c1-30-25(33)21-19-15-8-11(27)2-6-17(15)29-23(19)24-20(22(21)26(30)34)16-9-12(28)3-7-18(16)31(24)13-4-5-14(32)10-13;1-26-20(27)16-14-10-6-8(22)2-4-12(10)24-18(14)19-15(17(16)21(26)28)11-7-9(23)3-5-13(11)25-19;1-2-4-5(3-1)6-4;/h2-9,13-14,29,32H,10H2,1H3;2-7,14,16-18,24-25H,1H3;1-2,4-5H,3H2;1H4/t13?,14-;;;/m1.../s1. The number of aliphatic hydroxyl groups excluding tert-OH is 1. The van der Waals surface area contributed by atoms with Gasteiger partial charge in [-0.25, -0.2) is 17.6 Å². The number of imide groups is 2. The molecule has 15 rings (SSSR count). The highest BCUT2D eigenvalue weighted by atomic mass is 19.1. The molecule has 8 atom stereocenters. The maximum Gasteiger partial charge on any atom is 0.262 e. The molecule has 7 unspecified atom stereocenters. The van der Waals surface area contributed by atoms with Gasteiger partial charge >= 0.3 is 0 Å². The Balaban J connectivity index is 0.000000127. The number of hydrogen-bond donors (Lipinski definition) is 4. The summed E-state index contributed by atoms with van der Waals surface area (Å²) in [5.74, 6) is -4.98. The molecule has 69 heavy (non-hydrogen) atoms. The summed E-state index contributed by atoms with van der Waals surface area (Å²) in [5, 5.41) is 16.1. The SMILES string of the molecule is C.C1=CC2OC2C1.CN1C(=O)C2c3c([nH]c4ccc(F)cc34)C3Nc4ccc(F)cc4C3C2C1=O.CN1C(=O)c2c(c3c4cc(F)ccc4n(C4C=C[C@@H](O)C4)c3c3[nH]c4ccc(F)cc4c23)C1=O. The smallest absolute Gasteiger partial charge is 0.262 e. The molecule has 8 aromatic rings. The fourth-order valence-electron chi connectivity index (χ4n) is 11.9. The summed E-state index contributed by atoms with van der Waals surface area (Å²) in [6.45, 7) is 0. The Morgan fingerprint density at radius 1 is 0.696 bits per heavy atom. The van der Waals surface area contributed by atoms with Gasteiger partial charge in [-0.2, -0.15) is 0 Å². The predicted octanol–water partition coefficient (Wildman–Crippen LogP) is 9.55. The number of halogens is 4. The lowest BCUT2D eigenvalue weighted by molar-refractivity contribution is -0.138. The minimum atomic E-state index is -0.708. The molecule has 0 radical (unpaired) electrons. The lowest BCUT2D eigenvalue weighted by Crippen LogP contribution is -2.33. The number of aromatic amines is 2. The number of nitrogens with one attached hydrogen (secondary N) is 3. The van der Waals surface area contributed by atoms with E-state index >= 15 is 0 Å². The molecule has 2 saturated heterocycles. The van der Waals surface area contributed by atoms with Gasteiger partial charge in [0.2, 0.25) is 11.8 Å². The molecular formula is C53H42F4N6O6. The van der Waals surface area contributed by atoms with Crippen LogP contribution in [0.2, 0.25) is 0 Å². The number of aromatic nitrogens is 3. The van der Waals surface area contributed by atoms with Crippen molar-refractivity contribution >= 4 is 83.8 Å². The van der Waals surface area contributed by atoms with Crippen molar-refractivity contribution in [3.05, 3.63) is 148 Å². The molecule has 3 aliphatic carbocycles. The second kappa shape index (κ2) is 15.0. The summed E-state index contributed by atoms with van der Waals surface area (Å²) >= 11 is 0. The number of rotatable bonds is 1. The van der Waals surface area contributed by atoms with Crippen molar-refractivity contribution in [2.24, 2.45) is 5.92 Å². The number of anilines is 1. The van der Waals surface area contributed by atoms with Crippen molar-refractivity contribution in [1.82, 2.24) is 24.3 Å². The number of epoxide rings is 1. The number of amides is 4. The molecule has 0 saturated carbocycles. The van der Waals surface area contributed by atoms with Crippen LogP contribution < -0.4 is 5.32 Å². The number of carbonyl (C=O) groups excluding carboxylic acids is 4. The molecule has 4 aliphatic heterocycles. The van der Waals surface area contributed by atoms with Gasteiger partial charge in [0.05, 0.1) is 58.3 Å². The Morgan fingerprint density at radius 3 is 2.00 bits per heavy atom. The molecule has 348 valence electrons. The van der Waals surface area contributed by atoms with E-state index in [0.29, 0.717) is 84.3 Å². The van der Waals surface area contributed by atoms with Crippen LogP contribution in [-0.2, 0) is 14.3 Å². The number of aliphatic hydroxyl groups is 1. The van der Waals surface area contributed by atoms with Crippen LogP contribution in [0.5, 0.6) is 0 Å². The topological polar surface area (TPSA) is 156 Å². The molecule has 12 nitrogen and oxygen atoms in total. The first-order valence-electron chi connectivity index (χ1n) is 22.4. The Morgan fingerprint density at radius 2 is 1.35 bits per heavy atom. The summed E-state index contributed by atoms with van der Waals surface area (Å²) in [7, 11) is 2.88. The number of likely N-dealkylation sites (N-methyl/N-ethyl adjacent to an activating group) is 1. The van der Waals surface area contributed by atoms with Crippen LogP contribution in [-0.4, -0.2) is 85.5 Å². The van der Waals surface area contributed by atoms with E-state index in [9.17, 15) is 41.8 Å². The Hall–Kier alpha value is -7.56. The molecule has 4 N–H and O–H groups in total. The summed E-state index contributed by atoms with van der Waals surface area (Å²) < 4.78 is 63.7. The van der Waals surface area contributed by atoms with Crippen LogP contribution in [0.25, 0.3) is 54.5 Å². The second-order valence-electron chi connectivity index (χ2n) is 18.6. The lowest BCUT2D eigenvalue weighted by Gasteiger charge is -2.33. The van der Waals surface area contributed by atoms with E-state index in [1.807, 2.05) is 10.6 Å². The van der Waals surface area contributed by atoms with Crippen molar-refractivity contribution in [3.8, 4) is 0 Å². The molecule has 4 amide bonds. The first kappa shape index (κ1) is 42.8. The van der Waals surface area contributed by atoms with Gasteiger partial charge in [0.25, 0.3) is 11.8 Å². The van der Waals surface area contributed by atoms with Crippen molar-refractivity contribution in [2.75, 3.05) is 19.4 Å². The van der Waals surface area contributed by atoms with Crippen LogP contribution in [0.1, 0.15) is 81.7 Å². The first-order valence-corrected chi connectivity index (χ1v) is 22.4. The third kappa shape index (κ3) is 6.00. The fourth-order valence-corrected chi connectivity index (χ4v) is 11.9. The van der Waals surface area contributed by atoms with Gasteiger partial charge in [-0.1, -0.05) is 31.7 Å². The van der Waals surface area contributed by atoms with E-state index in [-0.39, 0.29) is 54.2 Å². The van der Waals surface area contributed by atoms with Crippen LogP contribution in [0.4, 0.5) is 23.2 Å². The molecule has 5 aromatic carbocycles. The highest BCUT2D eigenvalue weighted by molar-refractivity contribution is 6.39. The quantitative estimate of drug-likeness (QED) is 0.0553. The van der Waals surface area contributed by atoms with E-state index < -0.39 is 47.2 Å². The van der Waals surface area contributed by atoms with Gasteiger partial charge in [-0.15, -0.1) is 0 Å². The molecule has 2 fully saturated rings. The highest BCUT2D eigenvalue weighted by Crippen LogP contribution is 2.60. The van der Waals surface area contributed by atoms with Crippen LogP contribution in [0.15, 0.2) is 97.1 Å². The van der Waals surface area contributed by atoms with Gasteiger partial charge in [0.1, 0.15) is 29.4 Å². The molecule has 0 spiro atoms. The third-order valence-corrected chi connectivity index (χ3v) is 14.9. The van der Waals surface area contributed by atoms with Crippen LogP contribution in [0, 0.1) is 29.2 Å². The predicted molar refractivity (Wildman–Crippen MR) is 251 cm³/mol. The Kier molecular flexibility index (Phi) is 9.28. The summed E-state index contributed by atoms with van der Waals surface area (Å²) in [6, 6.07) is 16.9. The molecule has 0 bridgehead atoms. The average Bonchev–Trinajstić information content (AvgIpc) is 4.07. The maximum atomic E-state index is 14.5. The van der Waals surface area contributed by atoms with E-state index in [1.165, 1.54) is 62.6 Å². The van der Waals surface area contributed by atoms with E-state index in [0.717, 1.165) is 27.6 Å². The minimum Gasteiger partial charge on any atom is -0.389 e. The number of allylic oxidation sites excluding steroid dienone is 1. The number of fused-ring (bicyclic) bond motifs is 21. The van der Waals surface area contributed by atoms with Crippen LogP contribution in [0.3, 0.4) is 0 Å². The summed E-state index contributed by atoms with van der Waals surface area (Å²) in [6.07, 6.45) is 9.97. The largest absolute Gasteiger partial charge is 0.389 e. The first-order chi connectivity index (χ1) is 32.8. The number of ether oxygens (including phenoxy) is 1. The van der Waals surface area contributed by atoms with Crippen molar-refractivity contribution in [1.29, 1.82) is 0 Å².